The second kappa shape index (κ2) is 5.78. The normalized spacial score (nSPS) is 10.8. The zero-order valence-corrected chi connectivity index (χ0v) is 11.7. The molecule has 21 heavy (non-hydrogen) atoms. The molecule has 0 saturated heterocycles. The molecule has 1 aromatic carbocycles. The number of hydrogen-bond acceptors (Lipinski definition) is 4. The zero-order valence-electron chi connectivity index (χ0n) is 11.7. The highest BCUT2D eigenvalue weighted by Gasteiger charge is 2.07. The first-order chi connectivity index (χ1) is 10.3. The van der Waals surface area contributed by atoms with Crippen LogP contribution in [0, 0.1) is 5.82 Å². The van der Waals surface area contributed by atoms with E-state index >= 15 is 0 Å². The van der Waals surface area contributed by atoms with E-state index < -0.39 is 0 Å². The van der Waals surface area contributed by atoms with Crippen LogP contribution in [0.4, 0.5) is 16.0 Å². The van der Waals surface area contributed by atoms with Crippen LogP contribution in [-0.4, -0.2) is 20.9 Å². The van der Waals surface area contributed by atoms with E-state index in [1.54, 1.807) is 18.3 Å². The standard InChI is InChI=1S/C15H16FN5/c1-2-17-13-10-21-8-7-18-15(21)14(20-13)19-9-11-3-5-12(16)6-4-11/h3-8,10,17H,2,9H2,1H3,(H,19,20). The summed E-state index contributed by atoms with van der Waals surface area (Å²) in [6.07, 6.45) is 5.51. The smallest absolute Gasteiger partial charge is 0.180 e. The fourth-order valence-electron chi connectivity index (χ4n) is 2.10. The van der Waals surface area contributed by atoms with Crippen LogP contribution in [0.2, 0.25) is 0 Å². The van der Waals surface area contributed by atoms with Gasteiger partial charge in [-0.25, -0.2) is 14.4 Å². The molecule has 2 heterocycles. The van der Waals surface area contributed by atoms with E-state index in [0.717, 1.165) is 23.6 Å². The lowest BCUT2D eigenvalue weighted by Gasteiger charge is -2.10. The largest absolute Gasteiger partial charge is 0.369 e. The molecule has 3 rings (SSSR count). The molecule has 0 unspecified atom stereocenters. The number of anilines is 2. The van der Waals surface area contributed by atoms with Crippen LogP contribution < -0.4 is 10.6 Å². The number of hydrogen-bond donors (Lipinski definition) is 2. The molecule has 3 aromatic rings. The molecule has 0 radical (unpaired) electrons. The summed E-state index contributed by atoms with van der Waals surface area (Å²) < 4.78 is 14.8. The molecule has 0 aliphatic carbocycles. The van der Waals surface area contributed by atoms with E-state index in [1.807, 2.05) is 23.7 Å². The van der Waals surface area contributed by atoms with Gasteiger partial charge < -0.3 is 15.0 Å². The van der Waals surface area contributed by atoms with Gasteiger partial charge in [0.05, 0.1) is 6.20 Å². The lowest BCUT2D eigenvalue weighted by molar-refractivity contribution is 0.627. The van der Waals surface area contributed by atoms with Crippen molar-refractivity contribution in [1.29, 1.82) is 0 Å². The van der Waals surface area contributed by atoms with Crippen molar-refractivity contribution in [3.8, 4) is 0 Å². The van der Waals surface area contributed by atoms with E-state index in [4.69, 9.17) is 0 Å². The van der Waals surface area contributed by atoms with Crippen molar-refractivity contribution in [2.75, 3.05) is 17.2 Å². The summed E-state index contributed by atoms with van der Waals surface area (Å²) in [5.41, 5.74) is 1.75. The number of fused-ring (bicyclic) bond motifs is 1. The van der Waals surface area contributed by atoms with Crippen molar-refractivity contribution in [2.45, 2.75) is 13.5 Å². The van der Waals surface area contributed by atoms with Gasteiger partial charge in [-0.3, -0.25) is 0 Å². The number of imidazole rings is 1. The Morgan fingerprint density at radius 2 is 2.00 bits per heavy atom. The average molecular weight is 285 g/mol. The Labute approximate surface area is 121 Å². The Hall–Kier alpha value is -2.63. The summed E-state index contributed by atoms with van der Waals surface area (Å²) >= 11 is 0. The van der Waals surface area contributed by atoms with Crippen LogP contribution in [0.3, 0.4) is 0 Å². The molecule has 0 amide bonds. The van der Waals surface area contributed by atoms with Crippen molar-refractivity contribution < 1.29 is 4.39 Å². The molecule has 0 bridgehead atoms. The first-order valence-corrected chi connectivity index (χ1v) is 6.82. The molecule has 6 heteroatoms. The minimum Gasteiger partial charge on any atom is -0.369 e. The van der Waals surface area contributed by atoms with Gasteiger partial charge in [0.15, 0.2) is 11.5 Å². The van der Waals surface area contributed by atoms with Crippen LogP contribution in [0.1, 0.15) is 12.5 Å². The molecule has 2 N–H and O–H groups in total. The topological polar surface area (TPSA) is 54.2 Å². The van der Waals surface area contributed by atoms with E-state index in [-0.39, 0.29) is 5.82 Å². The van der Waals surface area contributed by atoms with Crippen molar-refractivity contribution in [3.05, 3.63) is 54.2 Å². The maximum absolute atomic E-state index is 12.9. The highest BCUT2D eigenvalue weighted by molar-refractivity contribution is 5.65. The first-order valence-electron chi connectivity index (χ1n) is 6.82. The van der Waals surface area contributed by atoms with Crippen LogP contribution in [0.25, 0.3) is 5.65 Å². The minimum atomic E-state index is -0.235. The molecule has 5 nitrogen and oxygen atoms in total. The SMILES string of the molecule is CCNc1cn2ccnc2c(NCc2ccc(F)cc2)n1. The Bertz CT molecular complexity index is 735. The molecule has 108 valence electrons. The predicted molar refractivity (Wildman–Crippen MR) is 80.9 cm³/mol. The quantitative estimate of drug-likeness (QED) is 0.757. The molecule has 0 aliphatic rings. The van der Waals surface area contributed by atoms with Crippen LogP contribution in [0.5, 0.6) is 0 Å². The number of halogens is 1. The molecule has 0 saturated carbocycles. The first kappa shape index (κ1) is 13.4. The third kappa shape index (κ3) is 2.94. The van der Waals surface area contributed by atoms with Gasteiger partial charge in [0.1, 0.15) is 11.6 Å². The summed E-state index contributed by atoms with van der Waals surface area (Å²) in [5, 5.41) is 6.44. The van der Waals surface area contributed by atoms with Gasteiger partial charge in [-0.1, -0.05) is 12.1 Å². The Morgan fingerprint density at radius 1 is 1.19 bits per heavy atom. The molecule has 0 atom stereocenters. The summed E-state index contributed by atoms with van der Waals surface area (Å²) in [7, 11) is 0. The Kier molecular flexibility index (Phi) is 3.68. The van der Waals surface area contributed by atoms with Crippen molar-refractivity contribution in [3.63, 3.8) is 0 Å². The van der Waals surface area contributed by atoms with Gasteiger partial charge in [-0.15, -0.1) is 0 Å². The fraction of sp³-hybridized carbons (Fsp3) is 0.200. The van der Waals surface area contributed by atoms with E-state index in [9.17, 15) is 4.39 Å². The number of benzene rings is 1. The van der Waals surface area contributed by atoms with Crippen molar-refractivity contribution >= 4 is 17.3 Å². The molecule has 0 aliphatic heterocycles. The van der Waals surface area contributed by atoms with Crippen molar-refractivity contribution in [1.82, 2.24) is 14.4 Å². The average Bonchev–Trinajstić information content (AvgIpc) is 2.95. The second-order valence-electron chi connectivity index (χ2n) is 4.64. The number of aromatic nitrogens is 3. The predicted octanol–water partition coefficient (Wildman–Crippen LogP) is 2.91. The Balaban J connectivity index is 1.84. The number of nitrogens with zero attached hydrogens (tertiary/aromatic N) is 3. The minimum absolute atomic E-state index is 0.235. The van der Waals surface area contributed by atoms with Crippen LogP contribution in [0.15, 0.2) is 42.9 Å². The maximum atomic E-state index is 12.9. The fourth-order valence-corrected chi connectivity index (χ4v) is 2.10. The van der Waals surface area contributed by atoms with Gasteiger partial charge in [-0.05, 0) is 24.6 Å². The lowest BCUT2D eigenvalue weighted by atomic mass is 10.2. The monoisotopic (exact) mass is 285 g/mol. The second-order valence-corrected chi connectivity index (χ2v) is 4.64. The summed E-state index contributed by atoms with van der Waals surface area (Å²) in [4.78, 5) is 8.81. The highest BCUT2D eigenvalue weighted by atomic mass is 19.1. The van der Waals surface area contributed by atoms with E-state index in [0.29, 0.717) is 12.4 Å². The van der Waals surface area contributed by atoms with Gasteiger partial charge in [0, 0.05) is 25.5 Å². The number of rotatable bonds is 5. The van der Waals surface area contributed by atoms with Crippen LogP contribution >= 0.6 is 0 Å². The third-order valence-corrected chi connectivity index (χ3v) is 3.11. The summed E-state index contributed by atoms with van der Waals surface area (Å²) in [6, 6.07) is 6.40. The van der Waals surface area contributed by atoms with E-state index in [2.05, 4.69) is 20.6 Å². The Morgan fingerprint density at radius 3 is 2.76 bits per heavy atom. The number of nitrogens with one attached hydrogen (secondary N) is 2. The zero-order chi connectivity index (χ0) is 14.7. The molecular formula is C15H16FN5. The van der Waals surface area contributed by atoms with Gasteiger partial charge in [-0.2, -0.15) is 0 Å². The molecular weight excluding hydrogens is 269 g/mol. The maximum Gasteiger partial charge on any atom is 0.180 e. The van der Waals surface area contributed by atoms with Crippen molar-refractivity contribution in [2.24, 2.45) is 0 Å². The third-order valence-electron chi connectivity index (χ3n) is 3.11. The van der Waals surface area contributed by atoms with Gasteiger partial charge in [0.25, 0.3) is 0 Å². The van der Waals surface area contributed by atoms with E-state index in [1.165, 1.54) is 12.1 Å². The van der Waals surface area contributed by atoms with Crippen LogP contribution in [-0.2, 0) is 6.54 Å². The van der Waals surface area contributed by atoms with Gasteiger partial charge in [0.2, 0.25) is 0 Å². The summed E-state index contributed by atoms with van der Waals surface area (Å²) in [5.74, 6) is 1.24. The summed E-state index contributed by atoms with van der Waals surface area (Å²) in [6.45, 7) is 3.38. The highest BCUT2D eigenvalue weighted by Crippen LogP contribution is 2.17. The lowest BCUT2D eigenvalue weighted by Crippen LogP contribution is -2.07. The van der Waals surface area contributed by atoms with Gasteiger partial charge >= 0.3 is 0 Å². The molecule has 2 aromatic heterocycles. The molecule has 0 fully saturated rings. The molecule has 0 spiro atoms.